The van der Waals surface area contributed by atoms with E-state index in [2.05, 4.69) is 10.3 Å². The SMILES string of the molecule is CCCN(CCC)S(=O)(=O)c1cnc(Nc2cccc(F)c2F)c2cccc(C)c12. The van der Waals surface area contributed by atoms with Crippen LogP contribution in [0.3, 0.4) is 0 Å². The molecule has 0 amide bonds. The van der Waals surface area contributed by atoms with E-state index in [1.165, 1.54) is 22.6 Å². The summed E-state index contributed by atoms with van der Waals surface area (Å²) in [5, 5.41) is 3.85. The first-order valence-corrected chi connectivity index (χ1v) is 11.3. The minimum atomic E-state index is -3.77. The van der Waals surface area contributed by atoms with Crippen molar-refractivity contribution in [1.29, 1.82) is 0 Å². The molecule has 3 aromatic rings. The number of rotatable bonds is 8. The number of aryl methyl sites for hydroxylation is 1. The largest absolute Gasteiger partial charge is 0.337 e. The monoisotopic (exact) mass is 433 g/mol. The summed E-state index contributed by atoms with van der Waals surface area (Å²) >= 11 is 0. The highest BCUT2D eigenvalue weighted by molar-refractivity contribution is 7.89. The van der Waals surface area contributed by atoms with Gasteiger partial charge in [0.05, 0.1) is 5.69 Å². The molecule has 0 aliphatic carbocycles. The standard InChI is InChI=1S/C22H25F2N3O2S/c1-4-12-27(13-5-2)30(28,29)19-14-25-22(16-9-6-8-15(3)20(16)19)26-18-11-7-10-17(23)21(18)24/h6-11,14H,4-5,12-13H2,1-3H3,(H,25,26). The maximum absolute atomic E-state index is 14.1. The van der Waals surface area contributed by atoms with Gasteiger partial charge in [0.25, 0.3) is 0 Å². The molecule has 0 fully saturated rings. The number of sulfonamides is 1. The summed E-state index contributed by atoms with van der Waals surface area (Å²) in [7, 11) is -3.77. The van der Waals surface area contributed by atoms with Gasteiger partial charge in [-0.05, 0) is 37.5 Å². The molecule has 0 bridgehead atoms. The van der Waals surface area contributed by atoms with Gasteiger partial charge in [0, 0.05) is 30.1 Å². The number of hydrogen-bond donors (Lipinski definition) is 1. The lowest BCUT2D eigenvalue weighted by Gasteiger charge is -2.23. The predicted octanol–water partition coefficient (Wildman–Crippen LogP) is 5.38. The second-order valence-corrected chi connectivity index (χ2v) is 9.01. The molecule has 1 aromatic heterocycles. The van der Waals surface area contributed by atoms with Crippen LogP contribution in [0.1, 0.15) is 32.3 Å². The Morgan fingerprint density at radius 1 is 1.03 bits per heavy atom. The van der Waals surface area contributed by atoms with Crippen LogP contribution < -0.4 is 5.32 Å². The Morgan fingerprint density at radius 3 is 2.37 bits per heavy atom. The Morgan fingerprint density at radius 2 is 1.70 bits per heavy atom. The Hall–Kier alpha value is -2.58. The third kappa shape index (κ3) is 4.15. The van der Waals surface area contributed by atoms with E-state index in [1.54, 1.807) is 12.1 Å². The minimum Gasteiger partial charge on any atom is -0.337 e. The molecule has 1 N–H and O–H groups in total. The van der Waals surface area contributed by atoms with Gasteiger partial charge >= 0.3 is 0 Å². The summed E-state index contributed by atoms with van der Waals surface area (Å²) in [5.74, 6) is -1.74. The smallest absolute Gasteiger partial charge is 0.245 e. The average Bonchev–Trinajstić information content (AvgIpc) is 2.71. The minimum absolute atomic E-state index is 0.0699. The van der Waals surface area contributed by atoms with Crippen molar-refractivity contribution >= 4 is 32.3 Å². The number of nitrogens with one attached hydrogen (secondary N) is 1. The zero-order valence-corrected chi connectivity index (χ0v) is 18.1. The molecule has 0 aliphatic rings. The molecule has 0 saturated heterocycles. The maximum Gasteiger partial charge on any atom is 0.245 e. The van der Waals surface area contributed by atoms with Gasteiger partial charge in [-0.25, -0.2) is 22.2 Å². The molecule has 8 heteroatoms. The van der Waals surface area contributed by atoms with Crippen molar-refractivity contribution < 1.29 is 17.2 Å². The van der Waals surface area contributed by atoms with Crippen LogP contribution in [0.2, 0.25) is 0 Å². The molecule has 0 radical (unpaired) electrons. The second-order valence-electron chi connectivity index (χ2n) is 7.10. The summed E-state index contributed by atoms with van der Waals surface area (Å²) in [6.45, 7) is 6.51. The summed E-state index contributed by atoms with van der Waals surface area (Å²) in [5.41, 5.74) is 0.684. The molecule has 5 nitrogen and oxygen atoms in total. The Bertz CT molecular complexity index is 1160. The van der Waals surface area contributed by atoms with Crippen LogP contribution in [0, 0.1) is 18.6 Å². The Kier molecular flexibility index (Phi) is 6.67. The highest BCUT2D eigenvalue weighted by Crippen LogP contribution is 2.33. The van der Waals surface area contributed by atoms with Crippen LogP contribution in [-0.2, 0) is 10.0 Å². The van der Waals surface area contributed by atoms with Crippen LogP contribution in [0.15, 0.2) is 47.5 Å². The number of anilines is 2. The van der Waals surface area contributed by atoms with Crippen molar-refractivity contribution in [2.75, 3.05) is 18.4 Å². The summed E-state index contributed by atoms with van der Waals surface area (Å²) in [4.78, 5) is 4.39. The maximum atomic E-state index is 14.1. The Labute approximate surface area is 175 Å². The molecule has 0 aliphatic heterocycles. The lowest BCUT2D eigenvalue weighted by Crippen LogP contribution is -2.32. The van der Waals surface area contributed by atoms with Gasteiger partial charge in [0.2, 0.25) is 10.0 Å². The average molecular weight is 434 g/mol. The molecule has 0 atom stereocenters. The number of aromatic nitrogens is 1. The highest BCUT2D eigenvalue weighted by atomic mass is 32.2. The van der Waals surface area contributed by atoms with Crippen molar-refractivity contribution in [3.8, 4) is 0 Å². The van der Waals surface area contributed by atoms with Crippen LogP contribution in [0.4, 0.5) is 20.3 Å². The fourth-order valence-electron chi connectivity index (χ4n) is 3.46. The quantitative estimate of drug-likeness (QED) is 0.518. The number of pyridine rings is 1. The van der Waals surface area contributed by atoms with E-state index in [-0.39, 0.29) is 16.4 Å². The third-order valence-electron chi connectivity index (χ3n) is 4.85. The third-order valence-corrected chi connectivity index (χ3v) is 6.76. The van der Waals surface area contributed by atoms with Crippen LogP contribution in [0.25, 0.3) is 10.8 Å². The van der Waals surface area contributed by atoms with Crippen molar-refractivity contribution in [2.45, 2.75) is 38.5 Å². The topological polar surface area (TPSA) is 62.3 Å². The van der Waals surface area contributed by atoms with E-state index in [4.69, 9.17) is 0 Å². The van der Waals surface area contributed by atoms with E-state index in [1.807, 2.05) is 26.8 Å². The van der Waals surface area contributed by atoms with Gasteiger partial charge in [-0.2, -0.15) is 4.31 Å². The molecular weight excluding hydrogens is 408 g/mol. The summed E-state index contributed by atoms with van der Waals surface area (Å²) in [6.07, 6.45) is 2.69. The molecule has 3 rings (SSSR count). The number of hydrogen-bond acceptors (Lipinski definition) is 4. The molecule has 2 aromatic carbocycles. The first-order chi connectivity index (χ1) is 14.3. The lowest BCUT2D eigenvalue weighted by atomic mass is 10.1. The van der Waals surface area contributed by atoms with Gasteiger partial charge in [-0.15, -0.1) is 0 Å². The predicted molar refractivity (Wildman–Crippen MR) is 115 cm³/mol. The molecule has 160 valence electrons. The Balaban J connectivity index is 2.18. The molecule has 0 spiro atoms. The molecule has 30 heavy (non-hydrogen) atoms. The normalized spacial score (nSPS) is 11.9. The van der Waals surface area contributed by atoms with Gasteiger partial charge in [-0.3, -0.25) is 0 Å². The van der Waals surface area contributed by atoms with Crippen molar-refractivity contribution in [3.05, 3.63) is 59.8 Å². The van der Waals surface area contributed by atoms with Gasteiger partial charge in [0.15, 0.2) is 11.6 Å². The summed E-state index contributed by atoms with van der Waals surface area (Å²) < 4.78 is 56.0. The van der Waals surface area contributed by atoms with Crippen LogP contribution >= 0.6 is 0 Å². The van der Waals surface area contributed by atoms with Gasteiger partial charge in [-0.1, -0.05) is 38.1 Å². The van der Waals surface area contributed by atoms with E-state index in [0.717, 1.165) is 11.6 Å². The highest BCUT2D eigenvalue weighted by Gasteiger charge is 2.27. The molecule has 1 heterocycles. The van der Waals surface area contributed by atoms with E-state index >= 15 is 0 Å². The van der Waals surface area contributed by atoms with Gasteiger partial charge < -0.3 is 5.32 Å². The first kappa shape index (κ1) is 22.1. The van der Waals surface area contributed by atoms with E-state index in [0.29, 0.717) is 36.7 Å². The number of halogens is 2. The van der Waals surface area contributed by atoms with Crippen LogP contribution in [0.5, 0.6) is 0 Å². The van der Waals surface area contributed by atoms with Crippen molar-refractivity contribution in [2.24, 2.45) is 0 Å². The van der Waals surface area contributed by atoms with Gasteiger partial charge in [0.1, 0.15) is 10.7 Å². The zero-order valence-electron chi connectivity index (χ0n) is 17.2. The first-order valence-electron chi connectivity index (χ1n) is 9.90. The van der Waals surface area contributed by atoms with E-state index < -0.39 is 21.7 Å². The lowest BCUT2D eigenvalue weighted by molar-refractivity contribution is 0.410. The molecule has 0 saturated carbocycles. The van der Waals surface area contributed by atoms with Crippen LogP contribution in [-0.4, -0.2) is 30.8 Å². The number of benzene rings is 2. The number of fused-ring (bicyclic) bond motifs is 1. The molecular formula is C22H25F2N3O2S. The fraction of sp³-hybridized carbons (Fsp3) is 0.318. The fourth-order valence-corrected chi connectivity index (χ4v) is 5.30. The van der Waals surface area contributed by atoms with Crippen molar-refractivity contribution in [1.82, 2.24) is 9.29 Å². The number of nitrogens with zero attached hydrogens (tertiary/aromatic N) is 2. The molecule has 0 unspecified atom stereocenters. The summed E-state index contributed by atoms with van der Waals surface area (Å²) in [6, 6.07) is 9.13. The van der Waals surface area contributed by atoms with Crippen molar-refractivity contribution in [3.63, 3.8) is 0 Å². The zero-order chi connectivity index (χ0) is 21.9. The van der Waals surface area contributed by atoms with E-state index in [9.17, 15) is 17.2 Å². The second kappa shape index (κ2) is 9.06.